The van der Waals surface area contributed by atoms with Crippen molar-refractivity contribution < 1.29 is 9.47 Å². The Kier molecular flexibility index (Phi) is 5.49. The summed E-state index contributed by atoms with van der Waals surface area (Å²) in [5, 5.41) is 3.33. The van der Waals surface area contributed by atoms with Crippen LogP contribution in [0, 0.1) is 0 Å². The molecular weight excluding hydrogens is 226 g/mol. The van der Waals surface area contributed by atoms with Crippen molar-refractivity contribution in [1.82, 2.24) is 5.32 Å². The molecule has 0 aliphatic heterocycles. The average Bonchev–Trinajstić information content (AvgIpc) is 2.45. The van der Waals surface area contributed by atoms with E-state index in [9.17, 15) is 0 Å². The van der Waals surface area contributed by atoms with E-state index >= 15 is 0 Å². The van der Waals surface area contributed by atoms with Crippen molar-refractivity contribution in [3.63, 3.8) is 0 Å². The van der Waals surface area contributed by atoms with E-state index in [-0.39, 0.29) is 0 Å². The number of para-hydroxylation sites is 1. The van der Waals surface area contributed by atoms with Crippen LogP contribution in [-0.4, -0.2) is 32.4 Å². The highest BCUT2D eigenvalue weighted by atomic mass is 16.5. The van der Waals surface area contributed by atoms with Crippen LogP contribution in [0.5, 0.6) is 5.75 Å². The molecule has 1 aromatic rings. The molecule has 1 aromatic carbocycles. The standard InChI is InChI=1S/C15H23NO2/c1-16-13-7-9-15(10-8-13)18-12-11-17-14-5-3-2-4-6-14/h2-6,13,15-16H,7-12H2,1H3. The molecule has 1 aliphatic rings. The number of nitrogens with one attached hydrogen (secondary N) is 1. The molecule has 0 unspecified atom stereocenters. The van der Waals surface area contributed by atoms with E-state index in [1.165, 1.54) is 12.8 Å². The van der Waals surface area contributed by atoms with E-state index in [1.54, 1.807) is 0 Å². The second-order valence-electron chi connectivity index (χ2n) is 4.79. The van der Waals surface area contributed by atoms with Crippen LogP contribution in [0.1, 0.15) is 25.7 Å². The molecule has 0 saturated heterocycles. The molecule has 1 N–H and O–H groups in total. The molecule has 18 heavy (non-hydrogen) atoms. The van der Waals surface area contributed by atoms with Gasteiger partial charge in [-0.2, -0.15) is 0 Å². The third-order valence-electron chi connectivity index (χ3n) is 3.53. The monoisotopic (exact) mass is 249 g/mol. The Bertz CT molecular complexity index is 321. The maximum Gasteiger partial charge on any atom is 0.119 e. The second kappa shape index (κ2) is 7.39. The van der Waals surface area contributed by atoms with Gasteiger partial charge in [0, 0.05) is 6.04 Å². The lowest BCUT2D eigenvalue weighted by Crippen LogP contribution is -2.33. The maximum atomic E-state index is 5.84. The minimum absolute atomic E-state index is 0.425. The molecule has 1 fully saturated rings. The fraction of sp³-hybridized carbons (Fsp3) is 0.600. The van der Waals surface area contributed by atoms with Crippen molar-refractivity contribution in [3.05, 3.63) is 30.3 Å². The number of hydrogen-bond acceptors (Lipinski definition) is 3. The van der Waals surface area contributed by atoms with Gasteiger partial charge in [0.25, 0.3) is 0 Å². The molecule has 0 spiro atoms. The summed E-state index contributed by atoms with van der Waals surface area (Å²) in [6.07, 6.45) is 5.20. The highest BCUT2D eigenvalue weighted by molar-refractivity contribution is 5.20. The zero-order valence-electron chi connectivity index (χ0n) is 11.1. The zero-order valence-corrected chi connectivity index (χ0v) is 11.1. The highest BCUT2D eigenvalue weighted by Crippen LogP contribution is 2.20. The van der Waals surface area contributed by atoms with Crippen molar-refractivity contribution >= 4 is 0 Å². The Morgan fingerprint density at radius 3 is 2.44 bits per heavy atom. The molecule has 3 nitrogen and oxygen atoms in total. The normalized spacial score (nSPS) is 23.8. The van der Waals surface area contributed by atoms with Crippen molar-refractivity contribution in [3.8, 4) is 5.75 Å². The van der Waals surface area contributed by atoms with Crippen LogP contribution in [0.25, 0.3) is 0 Å². The van der Waals surface area contributed by atoms with Gasteiger partial charge >= 0.3 is 0 Å². The van der Waals surface area contributed by atoms with Crippen molar-refractivity contribution in [2.75, 3.05) is 20.3 Å². The summed E-state index contributed by atoms with van der Waals surface area (Å²) in [6.45, 7) is 1.32. The van der Waals surface area contributed by atoms with Crippen LogP contribution in [0.15, 0.2) is 30.3 Å². The highest BCUT2D eigenvalue weighted by Gasteiger charge is 2.19. The van der Waals surface area contributed by atoms with Crippen molar-refractivity contribution in [2.24, 2.45) is 0 Å². The molecule has 100 valence electrons. The van der Waals surface area contributed by atoms with Crippen LogP contribution in [0.3, 0.4) is 0 Å². The van der Waals surface area contributed by atoms with Gasteiger partial charge in [-0.25, -0.2) is 0 Å². The van der Waals surface area contributed by atoms with E-state index in [0.717, 1.165) is 18.6 Å². The summed E-state index contributed by atoms with van der Waals surface area (Å²) in [4.78, 5) is 0. The van der Waals surface area contributed by atoms with Gasteiger partial charge in [-0.15, -0.1) is 0 Å². The predicted molar refractivity (Wildman–Crippen MR) is 73.0 cm³/mol. The topological polar surface area (TPSA) is 30.5 Å². The van der Waals surface area contributed by atoms with Crippen LogP contribution in [0.4, 0.5) is 0 Å². The largest absolute Gasteiger partial charge is 0.491 e. The van der Waals surface area contributed by atoms with Crippen LogP contribution in [0.2, 0.25) is 0 Å². The summed E-state index contributed by atoms with van der Waals surface area (Å²) in [6, 6.07) is 10.6. The van der Waals surface area contributed by atoms with Gasteiger partial charge in [0.05, 0.1) is 12.7 Å². The minimum Gasteiger partial charge on any atom is -0.491 e. The molecule has 0 aromatic heterocycles. The van der Waals surface area contributed by atoms with Crippen molar-refractivity contribution in [2.45, 2.75) is 37.8 Å². The molecule has 0 atom stereocenters. The fourth-order valence-corrected chi connectivity index (χ4v) is 2.41. The van der Waals surface area contributed by atoms with Crippen molar-refractivity contribution in [1.29, 1.82) is 0 Å². The van der Waals surface area contributed by atoms with Gasteiger partial charge < -0.3 is 14.8 Å². The first-order chi connectivity index (χ1) is 8.88. The minimum atomic E-state index is 0.425. The molecule has 0 bridgehead atoms. The summed E-state index contributed by atoms with van der Waals surface area (Å²) >= 11 is 0. The lowest BCUT2D eigenvalue weighted by atomic mass is 9.93. The van der Waals surface area contributed by atoms with Gasteiger partial charge in [0.15, 0.2) is 0 Å². The summed E-state index contributed by atoms with van der Waals surface area (Å²) in [5.74, 6) is 0.917. The first kappa shape index (κ1) is 13.4. The molecule has 2 rings (SSSR count). The van der Waals surface area contributed by atoms with Crippen LogP contribution < -0.4 is 10.1 Å². The molecule has 0 amide bonds. The lowest BCUT2D eigenvalue weighted by Gasteiger charge is -2.28. The van der Waals surface area contributed by atoms with E-state index in [0.29, 0.717) is 25.4 Å². The zero-order chi connectivity index (χ0) is 12.6. The van der Waals surface area contributed by atoms with Gasteiger partial charge in [-0.05, 0) is 44.9 Å². The Labute approximate surface area is 109 Å². The van der Waals surface area contributed by atoms with E-state index in [4.69, 9.17) is 9.47 Å². The third-order valence-corrected chi connectivity index (χ3v) is 3.53. The number of hydrogen-bond donors (Lipinski definition) is 1. The second-order valence-corrected chi connectivity index (χ2v) is 4.79. The van der Waals surface area contributed by atoms with Crippen LogP contribution in [-0.2, 0) is 4.74 Å². The molecule has 0 heterocycles. The van der Waals surface area contributed by atoms with Gasteiger partial charge in [-0.3, -0.25) is 0 Å². The van der Waals surface area contributed by atoms with E-state index < -0.39 is 0 Å². The number of benzene rings is 1. The Morgan fingerprint density at radius 1 is 1.06 bits per heavy atom. The summed E-state index contributed by atoms with van der Waals surface area (Å²) in [7, 11) is 2.04. The summed E-state index contributed by atoms with van der Waals surface area (Å²) in [5.41, 5.74) is 0. The number of ether oxygens (including phenoxy) is 2. The first-order valence-electron chi connectivity index (χ1n) is 6.85. The third kappa shape index (κ3) is 4.31. The SMILES string of the molecule is CNC1CCC(OCCOc2ccccc2)CC1. The molecule has 3 heteroatoms. The smallest absolute Gasteiger partial charge is 0.119 e. The van der Waals surface area contributed by atoms with Crippen LogP contribution >= 0.6 is 0 Å². The Hall–Kier alpha value is -1.06. The quantitative estimate of drug-likeness (QED) is 0.786. The van der Waals surface area contributed by atoms with Gasteiger partial charge in [-0.1, -0.05) is 18.2 Å². The first-order valence-corrected chi connectivity index (χ1v) is 6.85. The fourth-order valence-electron chi connectivity index (χ4n) is 2.41. The lowest BCUT2D eigenvalue weighted by molar-refractivity contribution is 0.00847. The molecular formula is C15H23NO2. The number of rotatable bonds is 6. The van der Waals surface area contributed by atoms with Gasteiger partial charge in [0.1, 0.15) is 12.4 Å². The van der Waals surface area contributed by atoms with Gasteiger partial charge in [0.2, 0.25) is 0 Å². The van der Waals surface area contributed by atoms with E-state index in [2.05, 4.69) is 5.32 Å². The molecule has 1 aliphatic carbocycles. The Morgan fingerprint density at radius 2 is 1.78 bits per heavy atom. The summed E-state index contributed by atoms with van der Waals surface area (Å²) < 4.78 is 11.4. The molecule has 1 saturated carbocycles. The Balaban J connectivity index is 1.56. The average molecular weight is 249 g/mol. The van der Waals surface area contributed by atoms with E-state index in [1.807, 2.05) is 37.4 Å². The molecule has 0 radical (unpaired) electrons. The maximum absolute atomic E-state index is 5.84. The predicted octanol–water partition coefficient (Wildman–Crippen LogP) is 2.61.